The average molecular weight is 459 g/mol. The Morgan fingerprint density at radius 3 is 2.50 bits per heavy atom. The fraction of sp³-hybridized carbons (Fsp3) is 0.526. The van der Waals surface area contributed by atoms with Gasteiger partial charge in [0.05, 0.1) is 18.0 Å². The van der Waals surface area contributed by atoms with Gasteiger partial charge < -0.3 is 19.1 Å². The summed E-state index contributed by atoms with van der Waals surface area (Å²) in [4.78, 5) is 35.1. The maximum Gasteiger partial charge on any atom is 0.327 e. The largest absolute Gasteiger partial charge is 0.755 e. The standard InChI is InChI=1S/C19H25NO8S2/c1-19(2,3)28-17(23)9-20(30(25)26)14-7-6-13(18(24)29-11-16(21)22)8-15(14)27-10-12-4-5-12/h6-8,12H,4-5,9-11H2,1-3H3,(H,21,22)(H,25,26)/p-1. The summed E-state index contributed by atoms with van der Waals surface area (Å²) in [6, 6.07) is 4.09. The first-order valence-corrected chi connectivity index (χ1v) is 11.2. The van der Waals surface area contributed by atoms with Crippen molar-refractivity contribution in [2.45, 2.75) is 39.2 Å². The van der Waals surface area contributed by atoms with E-state index in [4.69, 9.17) is 14.6 Å². The monoisotopic (exact) mass is 458 g/mol. The summed E-state index contributed by atoms with van der Waals surface area (Å²) < 4.78 is 35.4. The number of rotatable bonds is 10. The Morgan fingerprint density at radius 2 is 1.97 bits per heavy atom. The molecule has 0 amide bonds. The maximum absolute atomic E-state index is 12.2. The molecule has 166 valence electrons. The number of esters is 1. The van der Waals surface area contributed by atoms with E-state index in [9.17, 15) is 23.1 Å². The van der Waals surface area contributed by atoms with E-state index in [0.717, 1.165) is 17.1 Å². The first-order chi connectivity index (χ1) is 14.0. The molecule has 0 aliphatic heterocycles. The molecule has 0 heterocycles. The number of anilines is 1. The van der Waals surface area contributed by atoms with Gasteiger partial charge in [-0.25, -0.2) is 0 Å². The molecule has 0 aromatic heterocycles. The van der Waals surface area contributed by atoms with Crippen LogP contribution in [0.5, 0.6) is 5.75 Å². The van der Waals surface area contributed by atoms with Gasteiger partial charge in [0.2, 0.25) is 5.12 Å². The van der Waals surface area contributed by atoms with Gasteiger partial charge in [0, 0.05) is 16.8 Å². The number of nitrogens with zero attached hydrogens (tertiary/aromatic N) is 1. The highest BCUT2D eigenvalue weighted by molar-refractivity contribution is 8.14. The summed E-state index contributed by atoms with van der Waals surface area (Å²) in [5.74, 6) is -1.78. The van der Waals surface area contributed by atoms with Crippen LogP contribution in [0.2, 0.25) is 0 Å². The van der Waals surface area contributed by atoms with E-state index in [2.05, 4.69) is 0 Å². The van der Waals surface area contributed by atoms with E-state index in [0.29, 0.717) is 24.3 Å². The van der Waals surface area contributed by atoms with Gasteiger partial charge in [0.25, 0.3) is 0 Å². The van der Waals surface area contributed by atoms with Crippen molar-refractivity contribution in [1.29, 1.82) is 0 Å². The topological polar surface area (TPSA) is 133 Å². The van der Waals surface area contributed by atoms with Gasteiger partial charge in [-0.3, -0.25) is 22.9 Å². The number of carbonyl (C=O) groups is 3. The highest BCUT2D eigenvalue weighted by Crippen LogP contribution is 2.35. The second-order valence-electron chi connectivity index (χ2n) is 7.75. The van der Waals surface area contributed by atoms with E-state index in [-0.39, 0.29) is 17.0 Å². The highest BCUT2D eigenvalue weighted by atomic mass is 32.2. The molecule has 1 N–H and O–H groups in total. The van der Waals surface area contributed by atoms with Crippen LogP contribution in [-0.4, -0.2) is 55.4 Å². The van der Waals surface area contributed by atoms with Crippen molar-refractivity contribution in [2.75, 3.05) is 23.2 Å². The summed E-state index contributed by atoms with van der Waals surface area (Å²) in [7, 11) is 0. The van der Waals surface area contributed by atoms with E-state index in [1.165, 1.54) is 18.2 Å². The molecule has 1 aromatic carbocycles. The van der Waals surface area contributed by atoms with Crippen LogP contribution in [0, 0.1) is 5.92 Å². The number of carboxylic acid groups (broad SMARTS) is 1. The molecule has 1 unspecified atom stereocenters. The normalized spacial score (nSPS) is 14.7. The third kappa shape index (κ3) is 7.96. The summed E-state index contributed by atoms with van der Waals surface area (Å²) in [5, 5.41) is 8.26. The lowest BCUT2D eigenvalue weighted by Crippen LogP contribution is -2.36. The fourth-order valence-electron chi connectivity index (χ4n) is 2.37. The third-order valence-corrected chi connectivity index (χ3v) is 5.41. The summed E-state index contributed by atoms with van der Waals surface area (Å²) in [6.45, 7) is 4.79. The number of ether oxygens (including phenoxy) is 2. The molecule has 1 fully saturated rings. The molecule has 11 heteroatoms. The first-order valence-electron chi connectivity index (χ1n) is 9.21. The Morgan fingerprint density at radius 1 is 1.30 bits per heavy atom. The number of aliphatic carboxylic acids is 1. The maximum atomic E-state index is 12.2. The minimum atomic E-state index is -2.80. The number of thioether (sulfide) groups is 1. The van der Waals surface area contributed by atoms with Crippen molar-refractivity contribution in [3.05, 3.63) is 23.8 Å². The van der Waals surface area contributed by atoms with E-state index in [1.807, 2.05) is 0 Å². The first kappa shape index (κ1) is 24.2. The lowest BCUT2D eigenvalue weighted by Gasteiger charge is -2.29. The van der Waals surface area contributed by atoms with Crippen molar-refractivity contribution < 1.29 is 37.7 Å². The van der Waals surface area contributed by atoms with Crippen LogP contribution in [0.4, 0.5) is 5.69 Å². The van der Waals surface area contributed by atoms with Crippen molar-refractivity contribution in [1.82, 2.24) is 0 Å². The molecular formula is C19H24NO8S2-. The lowest BCUT2D eigenvalue weighted by molar-refractivity contribution is -0.152. The van der Waals surface area contributed by atoms with Gasteiger partial charge in [-0.2, -0.15) is 0 Å². The van der Waals surface area contributed by atoms with Crippen LogP contribution < -0.4 is 9.04 Å². The molecule has 1 saturated carbocycles. The Balaban J connectivity index is 2.28. The van der Waals surface area contributed by atoms with Crippen molar-refractivity contribution in [2.24, 2.45) is 5.92 Å². The SMILES string of the molecule is CC(C)(C)OC(=O)CN(c1ccc(C(=O)SCC(=O)O)cc1OCC1CC1)S(=O)[O-]. The second-order valence-corrected chi connectivity index (χ2v) is 9.57. The zero-order valence-corrected chi connectivity index (χ0v) is 18.5. The van der Waals surface area contributed by atoms with Crippen LogP contribution in [0.3, 0.4) is 0 Å². The summed E-state index contributed by atoms with van der Waals surface area (Å²) in [5.41, 5.74) is -0.518. The third-order valence-electron chi connectivity index (χ3n) is 3.84. The van der Waals surface area contributed by atoms with E-state index < -0.39 is 46.2 Å². The van der Waals surface area contributed by atoms with Crippen LogP contribution in [0.1, 0.15) is 44.0 Å². The minimum Gasteiger partial charge on any atom is -0.755 e. The number of hydrogen-bond donors (Lipinski definition) is 1. The Bertz CT molecular complexity index is 832. The van der Waals surface area contributed by atoms with Crippen molar-refractivity contribution >= 4 is 45.8 Å². The van der Waals surface area contributed by atoms with E-state index in [1.54, 1.807) is 20.8 Å². The van der Waals surface area contributed by atoms with Crippen molar-refractivity contribution in [3.8, 4) is 5.75 Å². The zero-order chi connectivity index (χ0) is 22.5. The molecule has 9 nitrogen and oxygen atoms in total. The molecule has 0 spiro atoms. The molecule has 1 aromatic rings. The van der Waals surface area contributed by atoms with Gasteiger partial charge in [-0.05, 0) is 57.7 Å². The van der Waals surface area contributed by atoms with Gasteiger partial charge in [-0.15, -0.1) is 0 Å². The Labute approximate surface area is 181 Å². The minimum absolute atomic E-state index is 0.0922. The molecule has 0 saturated heterocycles. The Kier molecular flexibility index (Phi) is 8.27. The van der Waals surface area contributed by atoms with Crippen LogP contribution >= 0.6 is 11.8 Å². The average Bonchev–Trinajstić information content (AvgIpc) is 3.45. The molecule has 2 rings (SSSR count). The Hall–Kier alpha value is -2.11. The molecule has 0 bridgehead atoms. The quantitative estimate of drug-likeness (QED) is 0.414. The van der Waals surface area contributed by atoms with Gasteiger partial charge in [-0.1, -0.05) is 11.8 Å². The second kappa shape index (κ2) is 10.3. The zero-order valence-electron chi connectivity index (χ0n) is 16.9. The molecule has 1 atom stereocenters. The number of hydrogen-bond acceptors (Lipinski definition) is 8. The number of benzene rings is 1. The molecule has 0 radical (unpaired) electrons. The van der Waals surface area contributed by atoms with Crippen LogP contribution in [0.25, 0.3) is 0 Å². The molecule has 30 heavy (non-hydrogen) atoms. The van der Waals surface area contributed by atoms with Crippen molar-refractivity contribution in [3.63, 3.8) is 0 Å². The highest BCUT2D eigenvalue weighted by Gasteiger charge is 2.26. The molecule has 1 aliphatic carbocycles. The lowest BCUT2D eigenvalue weighted by atomic mass is 10.2. The van der Waals surface area contributed by atoms with Gasteiger partial charge in [0.15, 0.2) is 0 Å². The number of carbonyl (C=O) groups excluding carboxylic acids is 2. The number of carboxylic acids is 1. The van der Waals surface area contributed by atoms with E-state index >= 15 is 0 Å². The van der Waals surface area contributed by atoms with Crippen LogP contribution in [0.15, 0.2) is 18.2 Å². The van der Waals surface area contributed by atoms with Gasteiger partial charge >= 0.3 is 11.9 Å². The molecular weight excluding hydrogens is 434 g/mol. The van der Waals surface area contributed by atoms with Gasteiger partial charge in [0.1, 0.15) is 17.9 Å². The predicted molar refractivity (Wildman–Crippen MR) is 111 cm³/mol. The predicted octanol–water partition coefficient (Wildman–Crippen LogP) is 2.38. The summed E-state index contributed by atoms with van der Waals surface area (Å²) in [6.07, 6.45) is 2.00. The smallest absolute Gasteiger partial charge is 0.327 e. The van der Waals surface area contributed by atoms with Crippen LogP contribution in [-0.2, 0) is 25.6 Å². The molecule has 1 aliphatic rings. The fourth-order valence-corrected chi connectivity index (χ4v) is 3.45. The summed E-state index contributed by atoms with van der Waals surface area (Å²) >= 11 is -2.19.